The zero-order chi connectivity index (χ0) is 13.0. The van der Waals surface area contributed by atoms with Crippen LogP contribution in [0.2, 0.25) is 0 Å². The predicted molar refractivity (Wildman–Crippen MR) is 65.1 cm³/mol. The van der Waals surface area contributed by atoms with Crippen LogP contribution in [-0.2, 0) is 11.8 Å². The van der Waals surface area contributed by atoms with Gasteiger partial charge in [0.1, 0.15) is 11.8 Å². The quantitative estimate of drug-likeness (QED) is 0.764. The second kappa shape index (κ2) is 5.67. The summed E-state index contributed by atoms with van der Waals surface area (Å²) in [5.41, 5.74) is 0.966. The molecule has 2 heterocycles. The summed E-state index contributed by atoms with van der Waals surface area (Å²) in [4.78, 5) is 11.9. The molecule has 2 rings (SSSR count). The molecule has 0 aromatic carbocycles. The highest BCUT2D eigenvalue weighted by atomic mass is 16.5. The Morgan fingerprint density at radius 2 is 2.61 bits per heavy atom. The van der Waals surface area contributed by atoms with Crippen LogP contribution in [0.5, 0.6) is 0 Å². The lowest BCUT2D eigenvalue weighted by Crippen LogP contribution is -2.45. The van der Waals surface area contributed by atoms with Gasteiger partial charge in [-0.05, 0) is 6.07 Å². The number of nitrogens with one attached hydrogen (secondary N) is 2. The highest BCUT2D eigenvalue weighted by Gasteiger charge is 2.16. The lowest BCUT2D eigenvalue weighted by Gasteiger charge is -2.23. The second-order valence-electron chi connectivity index (χ2n) is 4.24. The summed E-state index contributed by atoms with van der Waals surface area (Å²) in [7, 11) is 1.74. The molecule has 96 valence electrons. The molecule has 1 atom stereocenters. The first kappa shape index (κ1) is 12.6. The Labute approximate surface area is 106 Å². The smallest absolute Gasteiger partial charge is 0.268 e. The fourth-order valence-electron chi connectivity index (χ4n) is 1.90. The molecule has 2 N–H and O–H groups in total. The molecule has 1 aliphatic rings. The molecule has 0 bridgehead atoms. The summed E-state index contributed by atoms with van der Waals surface area (Å²) in [6, 6.07) is 3.59. The van der Waals surface area contributed by atoms with Gasteiger partial charge >= 0.3 is 0 Å². The molecule has 1 unspecified atom stereocenters. The van der Waals surface area contributed by atoms with Gasteiger partial charge < -0.3 is 19.9 Å². The maximum Gasteiger partial charge on any atom is 0.268 e. The zero-order valence-electron chi connectivity index (χ0n) is 10.3. The van der Waals surface area contributed by atoms with Crippen molar-refractivity contribution < 1.29 is 9.53 Å². The first-order valence-electron chi connectivity index (χ1n) is 5.87. The number of nitriles is 1. The van der Waals surface area contributed by atoms with E-state index >= 15 is 0 Å². The van der Waals surface area contributed by atoms with Crippen LogP contribution in [0.25, 0.3) is 0 Å². The van der Waals surface area contributed by atoms with Gasteiger partial charge in [0.2, 0.25) is 0 Å². The Hall–Kier alpha value is -1.84. The van der Waals surface area contributed by atoms with Crippen LogP contribution >= 0.6 is 0 Å². The Kier molecular flexibility index (Phi) is 3.97. The average molecular weight is 248 g/mol. The molecule has 0 aliphatic carbocycles. The van der Waals surface area contributed by atoms with Gasteiger partial charge in [-0.1, -0.05) is 0 Å². The number of aromatic nitrogens is 1. The van der Waals surface area contributed by atoms with Crippen LogP contribution in [0.1, 0.15) is 16.1 Å². The van der Waals surface area contributed by atoms with Crippen molar-refractivity contribution in [1.82, 2.24) is 15.2 Å². The molecule has 0 radical (unpaired) electrons. The first-order valence-corrected chi connectivity index (χ1v) is 5.87. The third-order valence-electron chi connectivity index (χ3n) is 2.86. The van der Waals surface area contributed by atoms with Crippen LogP contribution in [0.3, 0.4) is 0 Å². The van der Waals surface area contributed by atoms with Crippen molar-refractivity contribution in [2.45, 2.75) is 6.10 Å². The van der Waals surface area contributed by atoms with Gasteiger partial charge in [-0.25, -0.2) is 0 Å². The number of hydrogen-bond acceptors (Lipinski definition) is 4. The third kappa shape index (κ3) is 2.88. The summed E-state index contributed by atoms with van der Waals surface area (Å²) in [5, 5.41) is 14.8. The molecule has 0 spiro atoms. The summed E-state index contributed by atoms with van der Waals surface area (Å²) in [6.07, 6.45) is 1.64. The predicted octanol–water partition coefficient (Wildman–Crippen LogP) is -0.385. The topological polar surface area (TPSA) is 79.1 Å². The number of hydrogen-bond donors (Lipinski definition) is 2. The molecule has 6 nitrogen and oxygen atoms in total. The molecule has 18 heavy (non-hydrogen) atoms. The maximum absolute atomic E-state index is 11.9. The van der Waals surface area contributed by atoms with Crippen LogP contribution in [0.15, 0.2) is 12.3 Å². The molecule has 1 aromatic rings. The van der Waals surface area contributed by atoms with Crippen LogP contribution < -0.4 is 10.6 Å². The van der Waals surface area contributed by atoms with E-state index in [4.69, 9.17) is 10.00 Å². The van der Waals surface area contributed by atoms with Gasteiger partial charge in [-0.15, -0.1) is 0 Å². The first-order chi connectivity index (χ1) is 8.70. The second-order valence-corrected chi connectivity index (χ2v) is 4.24. The van der Waals surface area contributed by atoms with Crippen molar-refractivity contribution in [2.24, 2.45) is 7.05 Å². The lowest BCUT2D eigenvalue weighted by atomic mass is 10.3. The maximum atomic E-state index is 11.9. The van der Waals surface area contributed by atoms with E-state index in [9.17, 15) is 4.79 Å². The third-order valence-corrected chi connectivity index (χ3v) is 2.86. The Morgan fingerprint density at radius 1 is 1.78 bits per heavy atom. The number of amides is 1. The highest BCUT2D eigenvalue weighted by molar-refractivity contribution is 5.93. The van der Waals surface area contributed by atoms with Gasteiger partial charge in [0.05, 0.1) is 18.3 Å². The fourth-order valence-corrected chi connectivity index (χ4v) is 1.90. The summed E-state index contributed by atoms with van der Waals surface area (Å²) in [5.74, 6) is -0.187. The van der Waals surface area contributed by atoms with Gasteiger partial charge in [0, 0.05) is 32.9 Å². The van der Waals surface area contributed by atoms with Gasteiger partial charge in [0.15, 0.2) is 0 Å². The number of carbonyl (C=O) groups excluding carboxylic acids is 1. The molecular formula is C12H16N4O2. The standard InChI is InChI=1S/C12H16N4O2/c1-16-8-9(5-13)4-11(16)12(17)15-7-10-6-14-2-3-18-10/h4,8,10,14H,2-3,6-7H2,1H3,(H,15,17). The van der Waals surface area contributed by atoms with Crippen molar-refractivity contribution >= 4 is 5.91 Å². The van der Waals surface area contributed by atoms with E-state index < -0.39 is 0 Å². The monoisotopic (exact) mass is 248 g/mol. The van der Waals surface area contributed by atoms with E-state index in [1.54, 1.807) is 23.9 Å². The van der Waals surface area contributed by atoms with Crippen LogP contribution in [0.4, 0.5) is 0 Å². The number of carbonyl (C=O) groups is 1. The minimum Gasteiger partial charge on any atom is -0.374 e. The molecule has 1 fully saturated rings. The molecule has 1 amide bonds. The Morgan fingerprint density at radius 3 is 3.22 bits per heavy atom. The molecule has 6 heteroatoms. The van der Waals surface area contributed by atoms with Crippen molar-refractivity contribution in [3.8, 4) is 6.07 Å². The van der Waals surface area contributed by atoms with Crippen LogP contribution in [-0.4, -0.2) is 42.8 Å². The number of rotatable bonds is 3. The normalized spacial score (nSPS) is 19.2. The van der Waals surface area contributed by atoms with E-state index in [0.29, 0.717) is 24.4 Å². The number of nitrogens with zero attached hydrogens (tertiary/aromatic N) is 2. The minimum atomic E-state index is -0.187. The molecule has 0 saturated carbocycles. The minimum absolute atomic E-state index is 0.0124. The van der Waals surface area contributed by atoms with Crippen molar-refractivity contribution in [2.75, 3.05) is 26.2 Å². The van der Waals surface area contributed by atoms with Crippen molar-refractivity contribution in [3.05, 3.63) is 23.5 Å². The number of ether oxygens (including phenoxy) is 1. The number of aryl methyl sites for hydroxylation is 1. The van der Waals surface area contributed by atoms with Crippen molar-refractivity contribution in [3.63, 3.8) is 0 Å². The molecular weight excluding hydrogens is 232 g/mol. The average Bonchev–Trinajstić information content (AvgIpc) is 2.78. The van der Waals surface area contributed by atoms with E-state index in [1.807, 2.05) is 6.07 Å². The summed E-state index contributed by atoms with van der Waals surface area (Å²) < 4.78 is 7.13. The highest BCUT2D eigenvalue weighted by Crippen LogP contribution is 2.06. The summed E-state index contributed by atoms with van der Waals surface area (Å²) >= 11 is 0. The molecule has 1 aliphatic heterocycles. The lowest BCUT2D eigenvalue weighted by molar-refractivity contribution is 0.0286. The fraction of sp³-hybridized carbons (Fsp3) is 0.500. The van der Waals surface area contributed by atoms with E-state index in [0.717, 1.165) is 13.1 Å². The Balaban J connectivity index is 1.91. The number of morpholine rings is 1. The Bertz CT molecular complexity index is 469. The van der Waals surface area contributed by atoms with E-state index in [2.05, 4.69) is 10.6 Å². The van der Waals surface area contributed by atoms with Crippen molar-refractivity contribution in [1.29, 1.82) is 5.26 Å². The van der Waals surface area contributed by atoms with E-state index in [-0.39, 0.29) is 12.0 Å². The molecule has 1 saturated heterocycles. The largest absolute Gasteiger partial charge is 0.374 e. The van der Waals surface area contributed by atoms with E-state index in [1.165, 1.54) is 0 Å². The SMILES string of the molecule is Cn1cc(C#N)cc1C(=O)NCC1CNCCO1. The molecule has 1 aromatic heterocycles. The van der Waals surface area contributed by atoms with Gasteiger partial charge in [0.25, 0.3) is 5.91 Å². The van der Waals surface area contributed by atoms with Gasteiger partial charge in [-0.2, -0.15) is 5.26 Å². The summed E-state index contributed by atoms with van der Waals surface area (Å²) in [6.45, 7) is 2.74. The van der Waals surface area contributed by atoms with Gasteiger partial charge in [-0.3, -0.25) is 4.79 Å². The zero-order valence-corrected chi connectivity index (χ0v) is 10.3. The van der Waals surface area contributed by atoms with Crippen LogP contribution in [0, 0.1) is 11.3 Å².